The van der Waals surface area contributed by atoms with Crippen LogP contribution >= 0.6 is 0 Å². The van der Waals surface area contributed by atoms with Crippen molar-refractivity contribution < 1.29 is 19.2 Å². The zero-order valence-electron chi connectivity index (χ0n) is 22.2. The Labute approximate surface area is 228 Å². The van der Waals surface area contributed by atoms with E-state index in [2.05, 4.69) is 19.9 Å². The number of rotatable bonds is 5. The minimum atomic E-state index is -0.742. The van der Waals surface area contributed by atoms with Gasteiger partial charge in [-0.1, -0.05) is 0 Å². The van der Waals surface area contributed by atoms with Crippen LogP contribution in [0, 0.1) is 0 Å². The summed E-state index contributed by atoms with van der Waals surface area (Å²) in [7, 11) is 0. The molecule has 0 atom stereocenters. The smallest absolute Gasteiger partial charge is 0.351 e. The molecule has 6 rings (SSSR count). The number of hydrogen-bond acceptors (Lipinski definition) is 6. The third-order valence-electron chi connectivity index (χ3n) is 6.85. The molecular formula is C28H26N8O4. The van der Waals surface area contributed by atoms with Crippen LogP contribution in [-0.4, -0.2) is 75.7 Å². The number of fused-ring (bicyclic) bond motifs is 2. The first-order valence-corrected chi connectivity index (χ1v) is 12.8. The van der Waals surface area contributed by atoms with Gasteiger partial charge in [0.15, 0.2) is 0 Å². The van der Waals surface area contributed by atoms with E-state index >= 15 is 0 Å². The summed E-state index contributed by atoms with van der Waals surface area (Å²) in [6.45, 7) is 6.82. The summed E-state index contributed by atoms with van der Waals surface area (Å²) in [5.41, 5.74) is 3.59. The fourth-order valence-corrected chi connectivity index (χ4v) is 5.02. The summed E-state index contributed by atoms with van der Waals surface area (Å²) >= 11 is 0. The van der Waals surface area contributed by atoms with Crippen molar-refractivity contribution in [3.8, 4) is 0 Å². The first kappa shape index (κ1) is 25.0. The Balaban J connectivity index is 1.55. The highest BCUT2D eigenvalue weighted by Gasteiger charge is 2.54. The predicted molar refractivity (Wildman–Crippen MR) is 147 cm³/mol. The van der Waals surface area contributed by atoms with E-state index in [0.29, 0.717) is 22.2 Å². The molecule has 2 N–H and O–H groups in total. The molecule has 0 aliphatic carbocycles. The van der Waals surface area contributed by atoms with Gasteiger partial charge in [-0.15, -0.1) is 0 Å². The van der Waals surface area contributed by atoms with Crippen molar-refractivity contribution >= 4 is 58.1 Å². The SMILES string of the molecule is CC(C)N1C(=O)/C(=C/c2c[nH]c3cccnc23)N(N2C(=O)N(C(C)C)C(=O)/C2=C/c2c[nH]c3cccnc23)C1=O. The van der Waals surface area contributed by atoms with Gasteiger partial charge in [-0.25, -0.2) is 9.59 Å². The van der Waals surface area contributed by atoms with Gasteiger partial charge in [0.2, 0.25) is 0 Å². The van der Waals surface area contributed by atoms with Crippen LogP contribution in [-0.2, 0) is 9.59 Å². The van der Waals surface area contributed by atoms with E-state index in [-0.39, 0.29) is 11.4 Å². The Bertz CT molecular complexity index is 1650. The molecule has 2 saturated heterocycles. The van der Waals surface area contributed by atoms with E-state index in [4.69, 9.17) is 0 Å². The number of H-pyrrole nitrogens is 2. The van der Waals surface area contributed by atoms with E-state index in [1.165, 1.54) is 12.2 Å². The molecule has 0 aromatic carbocycles. The van der Waals surface area contributed by atoms with E-state index in [9.17, 15) is 19.2 Å². The zero-order chi connectivity index (χ0) is 28.3. The standard InChI is InChI=1S/C28H26N8O4/c1-15(2)33-25(37)21(11-17-13-31-19-7-5-9-29-23(17)19)35(27(33)39)36-22(26(38)34(16(3)4)28(36)40)12-18-14-32-20-8-6-10-30-24(18)20/h5-16,31-32H,1-4H3/b21-11-,22-12-. The highest BCUT2D eigenvalue weighted by Crippen LogP contribution is 2.36. The lowest BCUT2D eigenvalue weighted by atomic mass is 10.2. The highest BCUT2D eigenvalue weighted by molar-refractivity contribution is 6.19. The van der Waals surface area contributed by atoms with Gasteiger partial charge < -0.3 is 9.97 Å². The molecule has 12 heteroatoms. The van der Waals surface area contributed by atoms with Crippen LogP contribution in [0.25, 0.3) is 34.2 Å². The number of imide groups is 2. The molecule has 6 amide bonds. The third-order valence-corrected chi connectivity index (χ3v) is 6.85. The van der Waals surface area contributed by atoms with E-state index in [1.54, 1.807) is 64.6 Å². The lowest BCUT2D eigenvalue weighted by Crippen LogP contribution is -2.48. The van der Waals surface area contributed by atoms with Gasteiger partial charge >= 0.3 is 12.1 Å². The Morgan fingerprint density at radius 3 is 1.45 bits per heavy atom. The molecule has 6 heterocycles. The van der Waals surface area contributed by atoms with Crippen LogP contribution in [0.1, 0.15) is 38.8 Å². The van der Waals surface area contributed by atoms with Gasteiger partial charge in [0.25, 0.3) is 11.8 Å². The van der Waals surface area contributed by atoms with E-state index < -0.39 is 36.0 Å². The Morgan fingerprint density at radius 2 is 1.07 bits per heavy atom. The maximum Gasteiger partial charge on any atom is 0.351 e. The largest absolute Gasteiger partial charge is 0.359 e. The molecule has 2 aliphatic heterocycles. The summed E-state index contributed by atoms with van der Waals surface area (Å²) in [5, 5.41) is 1.97. The molecule has 0 unspecified atom stereocenters. The lowest BCUT2D eigenvalue weighted by molar-refractivity contribution is -0.125. The van der Waals surface area contributed by atoms with Crippen LogP contribution in [0.5, 0.6) is 0 Å². The van der Waals surface area contributed by atoms with Crippen molar-refractivity contribution in [3.05, 3.63) is 71.6 Å². The zero-order valence-corrected chi connectivity index (χ0v) is 22.2. The van der Waals surface area contributed by atoms with Gasteiger partial charge in [0, 0.05) is 48.0 Å². The second-order valence-electron chi connectivity index (χ2n) is 10.1. The molecule has 0 bridgehead atoms. The summed E-state index contributed by atoms with van der Waals surface area (Å²) in [6.07, 6.45) is 9.60. The van der Waals surface area contributed by atoms with Gasteiger partial charge in [-0.05, 0) is 64.1 Å². The number of aromatic nitrogens is 4. The second-order valence-corrected chi connectivity index (χ2v) is 10.1. The average Bonchev–Trinajstić information content (AvgIpc) is 3.64. The maximum atomic E-state index is 13.8. The minimum Gasteiger partial charge on any atom is -0.359 e. The second kappa shape index (κ2) is 9.19. The van der Waals surface area contributed by atoms with Crippen LogP contribution in [0.15, 0.2) is 60.4 Å². The Morgan fingerprint density at radius 1 is 0.675 bits per heavy atom. The molecule has 4 aromatic heterocycles. The Hall–Kier alpha value is -5.26. The third kappa shape index (κ3) is 3.67. The number of pyridine rings is 2. The molecule has 12 nitrogen and oxygen atoms in total. The van der Waals surface area contributed by atoms with Crippen molar-refractivity contribution in [2.24, 2.45) is 0 Å². The van der Waals surface area contributed by atoms with Gasteiger partial charge in [0.1, 0.15) is 11.4 Å². The highest BCUT2D eigenvalue weighted by atomic mass is 16.2. The number of nitrogens with one attached hydrogen (secondary N) is 2. The van der Waals surface area contributed by atoms with Crippen molar-refractivity contribution in [2.75, 3.05) is 0 Å². The van der Waals surface area contributed by atoms with Crippen molar-refractivity contribution in [1.82, 2.24) is 39.8 Å². The van der Waals surface area contributed by atoms with Crippen LogP contribution in [0.3, 0.4) is 0 Å². The monoisotopic (exact) mass is 538 g/mol. The lowest BCUT2D eigenvalue weighted by Gasteiger charge is -2.28. The molecule has 0 spiro atoms. The van der Waals surface area contributed by atoms with Crippen LogP contribution in [0.4, 0.5) is 9.59 Å². The number of aromatic amines is 2. The molecule has 0 radical (unpaired) electrons. The van der Waals surface area contributed by atoms with Crippen LogP contribution < -0.4 is 0 Å². The van der Waals surface area contributed by atoms with Gasteiger partial charge in [0.05, 0.1) is 22.1 Å². The summed E-state index contributed by atoms with van der Waals surface area (Å²) in [6, 6.07) is 4.73. The average molecular weight is 539 g/mol. The number of urea groups is 2. The number of hydrazine groups is 1. The normalized spacial score (nSPS) is 18.6. The van der Waals surface area contributed by atoms with Crippen molar-refractivity contribution in [1.29, 1.82) is 0 Å². The molecule has 2 aliphatic rings. The van der Waals surface area contributed by atoms with Gasteiger partial charge in [-0.3, -0.25) is 29.4 Å². The predicted octanol–water partition coefficient (Wildman–Crippen LogP) is 4.08. The molecule has 40 heavy (non-hydrogen) atoms. The number of carbonyl (C=O) groups excluding carboxylic acids is 4. The summed E-state index contributed by atoms with van der Waals surface area (Å²) in [5.74, 6) is -1.19. The van der Waals surface area contributed by atoms with E-state index in [0.717, 1.165) is 30.9 Å². The Kier molecular flexibility index (Phi) is 5.75. The molecular weight excluding hydrogens is 512 g/mol. The number of hydrogen-bond donors (Lipinski definition) is 2. The first-order valence-electron chi connectivity index (χ1n) is 12.8. The van der Waals surface area contributed by atoms with E-state index in [1.807, 2.05) is 12.1 Å². The van der Waals surface area contributed by atoms with Crippen molar-refractivity contribution in [3.63, 3.8) is 0 Å². The molecule has 0 saturated carbocycles. The van der Waals surface area contributed by atoms with Gasteiger partial charge in [-0.2, -0.15) is 10.0 Å². The van der Waals surface area contributed by atoms with Crippen molar-refractivity contribution in [2.45, 2.75) is 39.8 Å². The molecule has 4 aromatic rings. The first-order chi connectivity index (χ1) is 19.2. The minimum absolute atomic E-state index is 0.0834. The summed E-state index contributed by atoms with van der Waals surface area (Å²) < 4.78 is 0. The number of nitrogens with zero attached hydrogens (tertiary/aromatic N) is 6. The molecule has 2 fully saturated rings. The molecule has 202 valence electrons. The quantitative estimate of drug-likeness (QED) is 0.290. The maximum absolute atomic E-state index is 13.8. The van der Waals surface area contributed by atoms with Crippen LogP contribution in [0.2, 0.25) is 0 Å². The topological polar surface area (TPSA) is 139 Å². The number of amides is 6. The fourth-order valence-electron chi connectivity index (χ4n) is 5.02. The summed E-state index contributed by atoms with van der Waals surface area (Å²) in [4.78, 5) is 72.1. The fraction of sp³-hybridized carbons (Fsp3) is 0.214. The number of carbonyl (C=O) groups is 4.